The van der Waals surface area contributed by atoms with Gasteiger partial charge in [0.15, 0.2) is 5.69 Å². The van der Waals surface area contributed by atoms with Gasteiger partial charge in [-0.1, -0.05) is 15.9 Å². The number of nitrogens with zero attached hydrogens (tertiary/aromatic N) is 7. The number of aromatic amines is 1. The highest BCUT2D eigenvalue weighted by atomic mass is 79.9. The summed E-state index contributed by atoms with van der Waals surface area (Å²) < 4.78 is 83.7. The van der Waals surface area contributed by atoms with Crippen molar-refractivity contribution >= 4 is 27.7 Å². The van der Waals surface area contributed by atoms with E-state index in [1.807, 2.05) is 0 Å². The van der Waals surface area contributed by atoms with Crippen LogP contribution in [0.5, 0.6) is 0 Å². The topological polar surface area (TPSA) is 127 Å². The van der Waals surface area contributed by atoms with Crippen molar-refractivity contribution in [2.24, 2.45) is 0 Å². The first kappa shape index (κ1) is 31.2. The quantitative estimate of drug-likeness (QED) is 0.252. The standard InChI is InChI=1S/C26H24BrF6N9O2/c1-25(2,12-42-18(17-10-34-39-37-17)8-20(38-42)26(31,32)33)36-22(43)19(7-13-9-35-41(11-13)24(29)30)40-6-5-14-15(27)3-4-16(28)21(14)23(40)44/h3-4,8-11,19,24H,5-7,12H2,1-2H3,(H,36,43)(H,34,37,39)/t19-/m1/s1. The first-order chi connectivity index (χ1) is 20.6. The zero-order valence-electron chi connectivity index (χ0n) is 23.0. The van der Waals surface area contributed by atoms with Gasteiger partial charge in [-0.05, 0) is 49.6 Å². The molecule has 1 aliphatic rings. The second kappa shape index (κ2) is 11.7. The number of fused-ring (bicyclic) bond motifs is 1. The highest BCUT2D eigenvalue weighted by Gasteiger charge is 2.40. The van der Waals surface area contributed by atoms with Gasteiger partial charge in [-0.15, -0.1) is 0 Å². The molecule has 44 heavy (non-hydrogen) atoms. The number of alkyl halides is 5. The zero-order chi connectivity index (χ0) is 32.0. The van der Waals surface area contributed by atoms with E-state index >= 15 is 0 Å². The van der Waals surface area contributed by atoms with Crippen molar-refractivity contribution in [3.05, 3.63) is 69.5 Å². The van der Waals surface area contributed by atoms with E-state index in [0.717, 1.165) is 34.1 Å². The number of aromatic nitrogens is 7. The minimum atomic E-state index is -4.76. The second-order valence-corrected chi connectivity index (χ2v) is 11.6. The van der Waals surface area contributed by atoms with Crippen LogP contribution < -0.4 is 5.32 Å². The monoisotopic (exact) mass is 687 g/mol. The number of hydrogen-bond acceptors (Lipinski definition) is 6. The largest absolute Gasteiger partial charge is 0.435 e. The third kappa shape index (κ3) is 6.34. The summed E-state index contributed by atoms with van der Waals surface area (Å²) in [7, 11) is 0. The van der Waals surface area contributed by atoms with Crippen molar-refractivity contribution in [3.8, 4) is 11.4 Å². The van der Waals surface area contributed by atoms with E-state index in [2.05, 4.69) is 46.9 Å². The summed E-state index contributed by atoms with van der Waals surface area (Å²) in [4.78, 5) is 28.6. The molecule has 2 N–H and O–H groups in total. The first-order valence-corrected chi connectivity index (χ1v) is 13.9. The predicted molar refractivity (Wildman–Crippen MR) is 145 cm³/mol. The maximum absolute atomic E-state index is 14.8. The average Bonchev–Trinajstić information content (AvgIpc) is 3.70. The maximum Gasteiger partial charge on any atom is 0.435 e. The molecule has 0 radical (unpaired) electrons. The number of carbonyl (C=O) groups is 2. The van der Waals surface area contributed by atoms with Crippen LogP contribution in [0.15, 0.2) is 41.3 Å². The Morgan fingerprint density at radius 2 is 1.95 bits per heavy atom. The molecular formula is C26H24BrF6N9O2. The van der Waals surface area contributed by atoms with E-state index < -0.39 is 47.6 Å². The fourth-order valence-corrected chi connectivity index (χ4v) is 5.57. The van der Waals surface area contributed by atoms with Crippen LogP contribution in [-0.2, 0) is 30.4 Å². The molecule has 0 saturated heterocycles. The molecule has 1 aromatic carbocycles. The van der Waals surface area contributed by atoms with Gasteiger partial charge >= 0.3 is 12.7 Å². The third-order valence-electron chi connectivity index (χ3n) is 7.00. The van der Waals surface area contributed by atoms with Gasteiger partial charge in [0, 0.05) is 23.6 Å². The molecule has 2 amide bonds. The second-order valence-electron chi connectivity index (χ2n) is 10.8. The molecule has 0 aliphatic carbocycles. The van der Waals surface area contributed by atoms with Crippen molar-refractivity contribution in [1.82, 2.24) is 45.2 Å². The Kier molecular flexibility index (Phi) is 8.30. The average molecular weight is 688 g/mol. The number of benzene rings is 1. The van der Waals surface area contributed by atoms with Gasteiger partial charge in [0.2, 0.25) is 5.91 Å². The fourth-order valence-electron chi connectivity index (χ4n) is 5.04. The van der Waals surface area contributed by atoms with Crippen molar-refractivity contribution in [3.63, 3.8) is 0 Å². The molecule has 4 aromatic rings. The predicted octanol–water partition coefficient (Wildman–Crippen LogP) is 4.38. The summed E-state index contributed by atoms with van der Waals surface area (Å²) in [5.74, 6) is -2.32. The Balaban J connectivity index is 1.45. The van der Waals surface area contributed by atoms with E-state index in [-0.39, 0.29) is 48.4 Å². The molecule has 0 unspecified atom stereocenters. The summed E-state index contributed by atoms with van der Waals surface area (Å²) in [6.45, 7) is -0.157. The lowest BCUT2D eigenvalue weighted by Crippen LogP contribution is -2.58. The molecule has 1 aliphatic heterocycles. The normalized spacial score (nSPS) is 14.7. The van der Waals surface area contributed by atoms with Gasteiger partial charge in [-0.25, -0.2) is 9.07 Å². The zero-order valence-corrected chi connectivity index (χ0v) is 24.6. The van der Waals surface area contributed by atoms with Crippen molar-refractivity contribution in [2.45, 2.75) is 57.5 Å². The van der Waals surface area contributed by atoms with Gasteiger partial charge in [-0.3, -0.25) is 14.3 Å². The Labute approximate surface area is 253 Å². The summed E-state index contributed by atoms with van der Waals surface area (Å²) >= 11 is 3.32. The Hall–Kier alpha value is -4.22. The van der Waals surface area contributed by atoms with Crippen LogP contribution >= 0.6 is 15.9 Å². The molecule has 234 valence electrons. The summed E-state index contributed by atoms with van der Waals surface area (Å²) in [5, 5.41) is 19.8. The number of halogens is 7. The van der Waals surface area contributed by atoms with Gasteiger partial charge in [0.05, 0.1) is 35.7 Å². The smallest absolute Gasteiger partial charge is 0.348 e. The maximum atomic E-state index is 14.8. The number of rotatable bonds is 9. The van der Waals surface area contributed by atoms with Crippen molar-refractivity contribution in [1.29, 1.82) is 0 Å². The van der Waals surface area contributed by atoms with Crippen LogP contribution in [-0.4, -0.2) is 69.8 Å². The summed E-state index contributed by atoms with van der Waals surface area (Å²) in [6.07, 6.45) is -1.45. The highest BCUT2D eigenvalue weighted by Crippen LogP contribution is 2.33. The van der Waals surface area contributed by atoms with E-state index in [0.29, 0.717) is 14.7 Å². The molecule has 0 bridgehead atoms. The van der Waals surface area contributed by atoms with Gasteiger partial charge in [0.1, 0.15) is 17.6 Å². The molecule has 0 saturated carbocycles. The number of amides is 2. The molecule has 1 atom stereocenters. The Bertz CT molecular complexity index is 1680. The van der Waals surface area contributed by atoms with E-state index in [1.165, 1.54) is 26.1 Å². The third-order valence-corrected chi connectivity index (χ3v) is 7.74. The molecular weight excluding hydrogens is 664 g/mol. The van der Waals surface area contributed by atoms with Crippen LogP contribution in [0.3, 0.4) is 0 Å². The number of H-pyrrole nitrogens is 1. The van der Waals surface area contributed by atoms with Crippen molar-refractivity contribution < 1.29 is 35.9 Å². The SMILES string of the molecule is CC(C)(Cn1nc(C(F)(F)F)cc1-c1cn[nH]n1)NC(=O)[C@@H](Cc1cnn(C(F)F)c1)N1CCc2c(Br)ccc(F)c2C1=O. The Morgan fingerprint density at radius 1 is 1.20 bits per heavy atom. The number of nitrogens with one attached hydrogen (secondary N) is 2. The minimum Gasteiger partial charge on any atom is -0.348 e. The minimum absolute atomic E-state index is 0.000206. The van der Waals surface area contributed by atoms with E-state index in [9.17, 15) is 35.9 Å². The lowest BCUT2D eigenvalue weighted by Gasteiger charge is -2.37. The van der Waals surface area contributed by atoms with Crippen LogP contribution in [0.1, 0.15) is 47.6 Å². The highest BCUT2D eigenvalue weighted by molar-refractivity contribution is 9.10. The lowest BCUT2D eigenvalue weighted by atomic mass is 9.95. The summed E-state index contributed by atoms with van der Waals surface area (Å²) in [6, 6.07) is 2.06. The molecule has 18 heteroatoms. The van der Waals surface area contributed by atoms with Gasteiger partial charge in [-0.2, -0.15) is 47.6 Å². The van der Waals surface area contributed by atoms with Gasteiger partial charge < -0.3 is 10.2 Å². The van der Waals surface area contributed by atoms with Gasteiger partial charge in [0.25, 0.3) is 5.91 Å². The molecule has 3 aromatic heterocycles. The molecule has 0 fully saturated rings. The molecule has 0 spiro atoms. The van der Waals surface area contributed by atoms with Crippen LogP contribution in [0.4, 0.5) is 26.3 Å². The molecule has 11 nitrogen and oxygen atoms in total. The fraction of sp³-hybridized carbons (Fsp3) is 0.385. The molecule has 4 heterocycles. The van der Waals surface area contributed by atoms with Crippen LogP contribution in [0.25, 0.3) is 11.4 Å². The van der Waals surface area contributed by atoms with E-state index in [1.54, 1.807) is 0 Å². The summed E-state index contributed by atoms with van der Waals surface area (Å²) in [5.41, 5.74) is -2.00. The van der Waals surface area contributed by atoms with E-state index in [4.69, 9.17) is 0 Å². The van der Waals surface area contributed by atoms with Crippen LogP contribution in [0, 0.1) is 5.82 Å². The number of carbonyl (C=O) groups excluding carboxylic acids is 2. The van der Waals surface area contributed by atoms with Crippen LogP contribution in [0.2, 0.25) is 0 Å². The van der Waals surface area contributed by atoms with Crippen molar-refractivity contribution in [2.75, 3.05) is 6.54 Å². The lowest BCUT2D eigenvalue weighted by molar-refractivity contribution is -0.141. The number of hydrogen-bond donors (Lipinski definition) is 2. The molecule has 5 rings (SSSR count). The Morgan fingerprint density at radius 3 is 2.59 bits per heavy atom. The first-order valence-electron chi connectivity index (χ1n) is 13.1.